The van der Waals surface area contributed by atoms with Gasteiger partial charge in [0.1, 0.15) is 6.23 Å². The maximum absolute atomic E-state index is 12.5. The van der Waals surface area contributed by atoms with Crippen LogP contribution in [0.2, 0.25) is 0 Å². The molecule has 1 fully saturated rings. The standard InChI is InChI=1S/C19H31N2O6P/c1-11-10-21(17(23)20-15(11)22)16-14(19(5,6)7)13(18(2,3)4)12(27-16)8-9-28(24,25)26/h8-10,12-14,16H,1-7H3,(H,20,22,23)(H2,24,25,26)/b9-8+/t12-,13?,14+,16-/m1/s1. The van der Waals surface area contributed by atoms with Crippen LogP contribution in [0.1, 0.15) is 53.3 Å². The van der Waals surface area contributed by atoms with E-state index in [-0.39, 0.29) is 22.7 Å². The second-order valence-corrected chi connectivity index (χ2v) is 11.2. The molecule has 3 N–H and O–H groups in total. The van der Waals surface area contributed by atoms with Gasteiger partial charge in [0.05, 0.1) is 6.10 Å². The van der Waals surface area contributed by atoms with E-state index < -0.39 is 31.2 Å². The maximum Gasteiger partial charge on any atom is 0.348 e. The summed E-state index contributed by atoms with van der Waals surface area (Å²) in [6.45, 7) is 13.9. The molecular formula is C19H31N2O6P. The molecule has 9 heteroatoms. The van der Waals surface area contributed by atoms with Crippen LogP contribution in [0.4, 0.5) is 0 Å². The van der Waals surface area contributed by atoms with Gasteiger partial charge in [0.15, 0.2) is 0 Å². The first-order valence-corrected chi connectivity index (χ1v) is 10.9. The molecule has 1 unspecified atom stereocenters. The molecule has 1 aliphatic heterocycles. The molecule has 0 saturated carbocycles. The van der Waals surface area contributed by atoms with Gasteiger partial charge < -0.3 is 14.5 Å². The van der Waals surface area contributed by atoms with Crippen molar-refractivity contribution in [3.8, 4) is 0 Å². The predicted octanol–water partition coefficient (Wildman–Crippen LogP) is 2.76. The Morgan fingerprint density at radius 1 is 1.11 bits per heavy atom. The highest BCUT2D eigenvalue weighted by molar-refractivity contribution is 7.55. The van der Waals surface area contributed by atoms with Crippen molar-refractivity contribution in [1.82, 2.24) is 9.55 Å². The van der Waals surface area contributed by atoms with Gasteiger partial charge in [-0.15, -0.1) is 0 Å². The molecule has 158 valence electrons. The summed E-state index contributed by atoms with van der Waals surface area (Å²) >= 11 is 0. The number of ether oxygens (including phenoxy) is 1. The fourth-order valence-corrected chi connectivity index (χ4v) is 4.48. The molecule has 0 radical (unpaired) electrons. The fraction of sp³-hybridized carbons (Fsp3) is 0.684. The van der Waals surface area contributed by atoms with Crippen LogP contribution >= 0.6 is 7.60 Å². The quantitative estimate of drug-likeness (QED) is 0.654. The molecule has 28 heavy (non-hydrogen) atoms. The van der Waals surface area contributed by atoms with Gasteiger partial charge in [-0.25, -0.2) is 4.79 Å². The number of H-pyrrole nitrogens is 1. The molecule has 0 spiro atoms. The second-order valence-electron chi connectivity index (χ2n) is 9.68. The van der Waals surface area contributed by atoms with E-state index in [4.69, 9.17) is 4.74 Å². The van der Waals surface area contributed by atoms with Crippen LogP contribution in [-0.2, 0) is 9.30 Å². The minimum absolute atomic E-state index is 0.126. The lowest BCUT2D eigenvalue weighted by Gasteiger charge is -2.41. The number of rotatable bonds is 3. The molecule has 1 aromatic rings. The summed E-state index contributed by atoms with van der Waals surface area (Å²) < 4.78 is 19.0. The average Bonchev–Trinajstić information content (AvgIpc) is 2.88. The predicted molar refractivity (Wildman–Crippen MR) is 107 cm³/mol. The van der Waals surface area contributed by atoms with Crippen molar-refractivity contribution in [1.29, 1.82) is 0 Å². The van der Waals surface area contributed by atoms with Crippen molar-refractivity contribution in [2.45, 2.75) is 60.8 Å². The lowest BCUT2D eigenvalue weighted by molar-refractivity contribution is -0.0197. The van der Waals surface area contributed by atoms with Crippen LogP contribution in [0.25, 0.3) is 0 Å². The van der Waals surface area contributed by atoms with E-state index in [2.05, 4.69) is 4.98 Å². The van der Waals surface area contributed by atoms with E-state index in [0.29, 0.717) is 5.56 Å². The van der Waals surface area contributed by atoms with E-state index >= 15 is 0 Å². The Kier molecular flexibility index (Phi) is 6.04. The molecule has 1 saturated heterocycles. The van der Waals surface area contributed by atoms with E-state index in [1.165, 1.54) is 16.8 Å². The molecular weight excluding hydrogens is 383 g/mol. The summed E-state index contributed by atoms with van der Waals surface area (Å²) in [7, 11) is -4.35. The van der Waals surface area contributed by atoms with Gasteiger partial charge in [-0.3, -0.25) is 18.9 Å². The van der Waals surface area contributed by atoms with Crippen LogP contribution in [0.15, 0.2) is 27.7 Å². The lowest BCUT2D eigenvalue weighted by atomic mass is 9.63. The summed E-state index contributed by atoms with van der Waals surface area (Å²) in [5.41, 5.74) is -1.18. The summed E-state index contributed by atoms with van der Waals surface area (Å²) in [4.78, 5) is 45.1. The molecule has 1 aliphatic rings. The highest BCUT2D eigenvalue weighted by atomic mass is 31.2. The number of hydrogen-bond donors (Lipinski definition) is 3. The van der Waals surface area contributed by atoms with Crippen molar-refractivity contribution < 1.29 is 19.1 Å². The van der Waals surface area contributed by atoms with Gasteiger partial charge in [-0.05, 0) is 23.8 Å². The van der Waals surface area contributed by atoms with Gasteiger partial charge in [0, 0.05) is 29.4 Å². The van der Waals surface area contributed by atoms with Gasteiger partial charge >= 0.3 is 13.3 Å². The summed E-state index contributed by atoms with van der Waals surface area (Å²) in [5.74, 6) is 0.584. The van der Waals surface area contributed by atoms with Crippen LogP contribution in [0, 0.1) is 29.6 Å². The van der Waals surface area contributed by atoms with Gasteiger partial charge in [-0.1, -0.05) is 41.5 Å². The molecule has 1 aromatic heterocycles. The first-order valence-electron chi connectivity index (χ1n) is 9.24. The number of nitrogens with zero attached hydrogens (tertiary/aromatic N) is 1. The maximum atomic E-state index is 12.5. The highest BCUT2D eigenvalue weighted by Gasteiger charge is 2.54. The molecule has 2 heterocycles. The normalized spacial score (nSPS) is 26.9. The zero-order valence-corrected chi connectivity index (χ0v) is 18.4. The smallest absolute Gasteiger partial charge is 0.348 e. The topological polar surface area (TPSA) is 122 Å². The molecule has 0 aromatic carbocycles. The molecule has 0 bridgehead atoms. The van der Waals surface area contributed by atoms with Crippen molar-refractivity contribution in [2.75, 3.05) is 0 Å². The Morgan fingerprint density at radius 3 is 2.11 bits per heavy atom. The largest absolute Gasteiger partial charge is 0.350 e. The summed E-state index contributed by atoms with van der Waals surface area (Å²) in [6.07, 6.45) is 1.61. The zero-order valence-electron chi connectivity index (χ0n) is 17.5. The van der Waals surface area contributed by atoms with Crippen molar-refractivity contribution >= 4 is 7.60 Å². The number of nitrogens with one attached hydrogen (secondary N) is 1. The van der Waals surface area contributed by atoms with E-state index in [0.717, 1.165) is 5.82 Å². The van der Waals surface area contributed by atoms with Crippen molar-refractivity contribution in [3.63, 3.8) is 0 Å². The third kappa shape index (κ3) is 4.92. The zero-order chi connectivity index (χ0) is 21.7. The SMILES string of the molecule is Cc1cn([C@@H]2O[C@H](/C=C/P(=O)(O)O)C(C(C)(C)C)[C@@H]2C(C)(C)C)c(=O)[nH]c1=O. The van der Waals surface area contributed by atoms with E-state index in [1.807, 2.05) is 41.5 Å². The van der Waals surface area contributed by atoms with Gasteiger partial charge in [0.2, 0.25) is 0 Å². The van der Waals surface area contributed by atoms with Crippen molar-refractivity contribution in [2.24, 2.45) is 22.7 Å². The molecule has 8 nitrogen and oxygen atoms in total. The first kappa shape index (κ1) is 22.8. The van der Waals surface area contributed by atoms with Gasteiger partial charge in [0.25, 0.3) is 5.56 Å². The fourth-order valence-electron chi connectivity index (χ4n) is 4.09. The Bertz CT molecular complexity index is 912. The van der Waals surface area contributed by atoms with Crippen molar-refractivity contribution in [3.05, 3.63) is 44.5 Å². The Morgan fingerprint density at radius 2 is 1.64 bits per heavy atom. The van der Waals surface area contributed by atoms with Crippen LogP contribution < -0.4 is 11.2 Å². The minimum atomic E-state index is -4.35. The van der Waals surface area contributed by atoms with Gasteiger partial charge in [-0.2, -0.15) is 0 Å². The third-order valence-electron chi connectivity index (χ3n) is 5.23. The molecule has 2 rings (SSSR count). The number of hydrogen-bond acceptors (Lipinski definition) is 4. The summed E-state index contributed by atoms with van der Waals surface area (Å²) in [5, 5.41) is 0. The third-order valence-corrected chi connectivity index (χ3v) is 5.80. The van der Waals surface area contributed by atoms with E-state index in [9.17, 15) is 23.9 Å². The second kappa shape index (κ2) is 7.41. The van der Waals surface area contributed by atoms with Crippen LogP contribution in [-0.4, -0.2) is 25.4 Å². The minimum Gasteiger partial charge on any atom is -0.350 e. The molecule has 0 amide bonds. The highest BCUT2D eigenvalue weighted by Crippen LogP contribution is 2.55. The van der Waals surface area contributed by atoms with Crippen LogP contribution in [0.5, 0.6) is 0 Å². The number of aromatic nitrogens is 2. The van der Waals surface area contributed by atoms with Crippen LogP contribution in [0.3, 0.4) is 0 Å². The monoisotopic (exact) mass is 414 g/mol. The molecule has 0 aliphatic carbocycles. The average molecular weight is 414 g/mol. The Hall–Kier alpha value is -1.47. The molecule has 4 atom stereocenters. The van der Waals surface area contributed by atoms with E-state index in [1.54, 1.807) is 6.92 Å². The first-order chi connectivity index (χ1) is 12.5. The summed E-state index contributed by atoms with van der Waals surface area (Å²) in [6, 6.07) is 0. The number of aryl methyl sites for hydroxylation is 1. The Balaban J connectivity index is 2.67. The lowest BCUT2D eigenvalue weighted by Crippen LogP contribution is -2.42. The number of aromatic amines is 1. The Labute approximate surface area is 164 Å².